The summed E-state index contributed by atoms with van der Waals surface area (Å²) >= 11 is 0. The van der Waals surface area contributed by atoms with E-state index < -0.39 is 0 Å². The van der Waals surface area contributed by atoms with E-state index in [-0.39, 0.29) is 0 Å². The van der Waals surface area contributed by atoms with E-state index in [1.165, 1.54) is 0 Å². The summed E-state index contributed by atoms with van der Waals surface area (Å²) in [6.45, 7) is 4.50. The van der Waals surface area contributed by atoms with Gasteiger partial charge in [0.2, 0.25) is 5.82 Å². The van der Waals surface area contributed by atoms with Crippen LogP contribution in [-0.2, 0) is 16.0 Å². The van der Waals surface area contributed by atoms with Gasteiger partial charge in [-0.15, -0.1) is 5.10 Å². The molecule has 2 aromatic rings. The molecule has 0 saturated carbocycles. The second-order valence-electron chi connectivity index (χ2n) is 6.09. The van der Waals surface area contributed by atoms with E-state index in [0.717, 1.165) is 45.8 Å². The minimum Gasteiger partial charge on any atom is -0.461 e. The fraction of sp³-hybridized carbons (Fsp3) is 0.588. The van der Waals surface area contributed by atoms with Crippen LogP contribution in [0.2, 0.25) is 0 Å². The highest BCUT2D eigenvalue weighted by Gasteiger charge is 2.15. The zero-order valence-electron chi connectivity index (χ0n) is 15.0. The highest BCUT2D eigenvalue weighted by molar-refractivity contribution is 5.79. The monoisotopic (exact) mass is 362 g/mol. The maximum absolute atomic E-state index is 5.69. The van der Waals surface area contributed by atoms with Crippen LogP contribution in [0.4, 0.5) is 0 Å². The van der Waals surface area contributed by atoms with Crippen LogP contribution in [0.3, 0.4) is 0 Å². The van der Waals surface area contributed by atoms with Crippen molar-refractivity contribution in [2.75, 3.05) is 40.0 Å². The van der Waals surface area contributed by atoms with E-state index in [0.29, 0.717) is 35.8 Å². The molecule has 26 heavy (non-hydrogen) atoms. The molecule has 3 heterocycles. The smallest absolute Gasteiger partial charge is 0.216 e. The van der Waals surface area contributed by atoms with Crippen LogP contribution in [0.5, 0.6) is 0 Å². The van der Waals surface area contributed by atoms with E-state index >= 15 is 0 Å². The van der Waals surface area contributed by atoms with Crippen molar-refractivity contribution >= 4 is 5.96 Å². The minimum absolute atomic E-state index is 0.492. The van der Waals surface area contributed by atoms with Gasteiger partial charge in [0.05, 0.1) is 26.0 Å². The van der Waals surface area contributed by atoms with Crippen molar-refractivity contribution < 1.29 is 13.9 Å². The number of aromatic nitrogens is 3. The predicted octanol–water partition coefficient (Wildman–Crippen LogP) is 1.17. The Bertz CT molecular complexity index is 664. The van der Waals surface area contributed by atoms with Gasteiger partial charge in [-0.1, -0.05) is 0 Å². The molecule has 1 aliphatic rings. The highest BCUT2D eigenvalue weighted by atomic mass is 16.5. The van der Waals surface area contributed by atoms with Gasteiger partial charge in [-0.3, -0.25) is 10.1 Å². The molecule has 9 heteroatoms. The molecule has 142 valence electrons. The first-order chi connectivity index (χ1) is 12.8. The summed E-state index contributed by atoms with van der Waals surface area (Å²) in [5, 5.41) is 13.5. The van der Waals surface area contributed by atoms with Crippen LogP contribution in [0, 0.1) is 5.92 Å². The maximum atomic E-state index is 5.69. The first-order valence-corrected chi connectivity index (χ1v) is 8.90. The molecule has 2 aromatic heterocycles. The van der Waals surface area contributed by atoms with Crippen LogP contribution in [-0.4, -0.2) is 61.2 Å². The molecule has 0 radical (unpaired) electrons. The first-order valence-electron chi connectivity index (χ1n) is 8.90. The molecular weight excluding hydrogens is 336 g/mol. The summed E-state index contributed by atoms with van der Waals surface area (Å²) < 4.78 is 16.3. The summed E-state index contributed by atoms with van der Waals surface area (Å²) in [6, 6.07) is 3.63. The molecule has 1 saturated heterocycles. The number of nitrogens with zero attached hydrogens (tertiary/aromatic N) is 3. The topological polar surface area (TPSA) is 110 Å². The van der Waals surface area contributed by atoms with Crippen LogP contribution >= 0.6 is 0 Å². The SMILES string of the molecule is CN=C(NCCCOCC1CCOC1)NCc1nc(-c2ccco2)n[nH]1. The number of ether oxygens (including phenoxy) is 2. The van der Waals surface area contributed by atoms with Gasteiger partial charge in [0.15, 0.2) is 11.7 Å². The Kier molecular flexibility index (Phi) is 7.03. The zero-order valence-corrected chi connectivity index (χ0v) is 15.0. The molecule has 1 aliphatic heterocycles. The number of rotatable bonds is 9. The summed E-state index contributed by atoms with van der Waals surface area (Å²) in [7, 11) is 1.74. The molecule has 0 aliphatic carbocycles. The van der Waals surface area contributed by atoms with E-state index in [1.807, 2.05) is 6.07 Å². The minimum atomic E-state index is 0.492. The van der Waals surface area contributed by atoms with Crippen molar-refractivity contribution in [1.82, 2.24) is 25.8 Å². The fourth-order valence-electron chi connectivity index (χ4n) is 2.62. The van der Waals surface area contributed by atoms with Gasteiger partial charge >= 0.3 is 0 Å². The number of furan rings is 1. The molecule has 0 aromatic carbocycles. The Morgan fingerprint density at radius 1 is 1.46 bits per heavy atom. The molecule has 9 nitrogen and oxygen atoms in total. The van der Waals surface area contributed by atoms with Crippen LogP contribution in [0.1, 0.15) is 18.7 Å². The van der Waals surface area contributed by atoms with Crippen molar-refractivity contribution in [3.63, 3.8) is 0 Å². The summed E-state index contributed by atoms with van der Waals surface area (Å²) in [5.41, 5.74) is 0. The molecule has 1 unspecified atom stereocenters. The van der Waals surface area contributed by atoms with E-state index in [1.54, 1.807) is 19.4 Å². The summed E-state index contributed by atoms with van der Waals surface area (Å²) in [6.07, 6.45) is 3.62. The van der Waals surface area contributed by atoms with Gasteiger partial charge in [-0.25, -0.2) is 4.98 Å². The molecule has 1 fully saturated rings. The van der Waals surface area contributed by atoms with Crippen molar-refractivity contribution in [2.45, 2.75) is 19.4 Å². The third-order valence-electron chi connectivity index (χ3n) is 4.06. The Morgan fingerprint density at radius 3 is 3.19 bits per heavy atom. The number of aliphatic imine (C=N–C) groups is 1. The number of guanidine groups is 1. The number of hydrogen-bond donors (Lipinski definition) is 3. The highest BCUT2D eigenvalue weighted by Crippen LogP contribution is 2.14. The van der Waals surface area contributed by atoms with Crippen LogP contribution < -0.4 is 10.6 Å². The Morgan fingerprint density at radius 2 is 2.42 bits per heavy atom. The second kappa shape index (κ2) is 9.93. The van der Waals surface area contributed by atoms with Gasteiger partial charge in [-0.2, -0.15) is 0 Å². The Balaban J connectivity index is 1.29. The first kappa shape index (κ1) is 18.4. The predicted molar refractivity (Wildman–Crippen MR) is 96.6 cm³/mol. The van der Waals surface area contributed by atoms with Gasteiger partial charge in [0.1, 0.15) is 5.82 Å². The normalized spacial score (nSPS) is 17.6. The third kappa shape index (κ3) is 5.57. The molecule has 0 bridgehead atoms. The van der Waals surface area contributed by atoms with Crippen molar-refractivity contribution in [3.8, 4) is 11.6 Å². The fourth-order valence-corrected chi connectivity index (χ4v) is 2.62. The van der Waals surface area contributed by atoms with Crippen molar-refractivity contribution in [3.05, 3.63) is 24.2 Å². The molecular formula is C17H26N6O3. The van der Waals surface area contributed by atoms with Gasteiger partial charge in [0, 0.05) is 32.7 Å². The van der Waals surface area contributed by atoms with Crippen molar-refractivity contribution in [2.24, 2.45) is 10.9 Å². The molecule has 0 spiro atoms. The summed E-state index contributed by atoms with van der Waals surface area (Å²) in [5.74, 6) is 3.16. The Labute approximate surface area is 152 Å². The largest absolute Gasteiger partial charge is 0.461 e. The Hall–Kier alpha value is -2.39. The molecule has 3 rings (SSSR count). The standard InChI is InChI=1S/C17H26N6O3/c1-18-17(19-6-3-7-24-11-13-5-9-25-12-13)20-10-15-21-16(23-22-15)14-4-2-8-26-14/h2,4,8,13H,3,5-7,9-12H2,1H3,(H2,18,19,20)(H,21,22,23). The van der Waals surface area contributed by atoms with E-state index in [4.69, 9.17) is 13.9 Å². The van der Waals surface area contributed by atoms with Crippen LogP contribution in [0.15, 0.2) is 27.8 Å². The van der Waals surface area contributed by atoms with Gasteiger partial charge in [-0.05, 0) is 25.0 Å². The number of aromatic amines is 1. The van der Waals surface area contributed by atoms with Gasteiger partial charge in [0.25, 0.3) is 0 Å². The average molecular weight is 362 g/mol. The molecule has 1 atom stereocenters. The lowest BCUT2D eigenvalue weighted by Gasteiger charge is -2.12. The lowest BCUT2D eigenvalue weighted by atomic mass is 10.1. The zero-order chi connectivity index (χ0) is 18.0. The lowest BCUT2D eigenvalue weighted by molar-refractivity contribution is 0.0888. The average Bonchev–Trinajstić information content (AvgIpc) is 3.42. The lowest BCUT2D eigenvalue weighted by Crippen LogP contribution is -2.37. The van der Waals surface area contributed by atoms with Gasteiger partial charge < -0.3 is 24.5 Å². The second-order valence-corrected chi connectivity index (χ2v) is 6.09. The maximum Gasteiger partial charge on any atom is 0.216 e. The van der Waals surface area contributed by atoms with Crippen molar-refractivity contribution in [1.29, 1.82) is 0 Å². The van der Waals surface area contributed by atoms with Crippen LogP contribution in [0.25, 0.3) is 11.6 Å². The number of nitrogens with one attached hydrogen (secondary N) is 3. The number of H-pyrrole nitrogens is 1. The number of hydrogen-bond acceptors (Lipinski definition) is 6. The van der Waals surface area contributed by atoms with E-state index in [2.05, 4.69) is 30.8 Å². The quantitative estimate of drug-likeness (QED) is 0.349. The molecule has 3 N–H and O–H groups in total. The third-order valence-corrected chi connectivity index (χ3v) is 4.06. The molecule has 0 amide bonds. The van der Waals surface area contributed by atoms with E-state index in [9.17, 15) is 0 Å². The summed E-state index contributed by atoms with van der Waals surface area (Å²) in [4.78, 5) is 8.58.